The topological polar surface area (TPSA) is 104 Å². The Bertz CT molecular complexity index is 669. The fourth-order valence-electron chi connectivity index (χ4n) is 2.26. The maximum absolute atomic E-state index is 12.7. The van der Waals surface area contributed by atoms with Gasteiger partial charge in [-0.25, -0.2) is 4.79 Å². The van der Waals surface area contributed by atoms with Crippen molar-refractivity contribution in [3.63, 3.8) is 0 Å². The van der Waals surface area contributed by atoms with Crippen LogP contribution >= 0.6 is 0 Å². The van der Waals surface area contributed by atoms with Crippen molar-refractivity contribution in [3.05, 3.63) is 34.9 Å². The zero-order valence-corrected chi connectivity index (χ0v) is 14.3. The average Bonchev–Trinajstić information content (AvgIpc) is 2.50. The van der Waals surface area contributed by atoms with Crippen LogP contribution in [0.25, 0.3) is 0 Å². The molecule has 0 fully saturated rings. The third-order valence-electron chi connectivity index (χ3n) is 3.68. The summed E-state index contributed by atoms with van der Waals surface area (Å²) in [5.74, 6) is -2.08. The number of hydrogen-bond donors (Lipinski definition) is 2. The summed E-state index contributed by atoms with van der Waals surface area (Å²) in [6.07, 6.45) is 0. The number of nitrogens with one attached hydrogen (secondary N) is 1. The molecule has 7 nitrogen and oxygen atoms in total. The van der Waals surface area contributed by atoms with Crippen molar-refractivity contribution in [2.24, 2.45) is 0 Å². The van der Waals surface area contributed by atoms with E-state index in [-0.39, 0.29) is 30.3 Å². The van der Waals surface area contributed by atoms with Crippen LogP contribution in [0.1, 0.15) is 47.1 Å². The molecule has 1 aromatic rings. The number of amides is 2. The van der Waals surface area contributed by atoms with Gasteiger partial charge in [0, 0.05) is 31.1 Å². The molecule has 0 saturated heterocycles. The Morgan fingerprint density at radius 3 is 2.33 bits per heavy atom. The van der Waals surface area contributed by atoms with E-state index in [2.05, 4.69) is 5.32 Å². The summed E-state index contributed by atoms with van der Waals surface area (Å²) in [5.41, 5.74) is 1.41. The number of ketones is 1. The highest BCUT2D eigenvalue weighted by molar-refractivity contribution is 6.01. The second-order valence-electron chi connectivity index (χ2n) is 5.58. The van der Waals surface area contributed by atoms with Crippen molar-refractivity contribution in [2.75, 3.05) is 13.1 Å². The van der Waals surface area contributed by atoms with Crippen molar-refractivity contribution in [2.45, 2.75) is 33.7 Å². The molecule has 0 spiro atoms. The standard InChI is InChI=1S/C17H22N2O5/c1-10-5-6-14(9-15(10)12(3)20)16(22)19(11(2)17(23)24)8-7-18-13(4)21/h5-6,9,11H,7-8H2,1-4H3,(H,18,21)(H,23,24). The van der Waals surface area contributed by atoms with Crippen molar-refractivity contribution >= 4 is 23.6 Å². The molecule has 1 atom stereocenters. The molecule has 0 aromatic heterocycles. The summed E-state index contributed by atoms with van der Waals surface area (Å²) in [4.78, 5) is 47.7. The van der Waals surface area contributed by atoms with Gasteiger partial charge in [0.2, 0.25) is 5.91 Å². The number of carbonyl (C=O) groups excluding carboxylic acids is 3. The fourth-order valence-corrected chi connectivity index (χ4v) is 2.26. The van der Waals surface area contributed by atoms with Crippen LogP contribution in [0.4, 0.5) is 0 Å². The number of rotatable bonds is 7. The lowest BCUT2D eigenvalue weighted by atomic mass is 10.0. The molecule has 0 aliphatic heterocycles. The van der Waals surface area contributed by atoms with Gasteiger partial charge in [0.05, 0.1) is 0 Å². The quantitative estimate of drug-likeness (QED) is 0.730. The first-order chi connectivity index (χ1) is 11.1. The van der Waals surface area contributed by atoms with Gasteiger partial charge in [-0.2, -0.15) is 0 Å². The van der Waals surface area contributed by atoms with E-state index in [0.717, 1.165) is 10.5 Å². The summed E-state index contributed by atoms with van der Waals surface area (Å²) in [7, 11) is 0. The minimum Gasteiger partial charge on any atom is -0.480 e. The smallest absolute Gasteiger partial charge is 0.326 e. The van der Waals surface area contributed by atoms with Crippen LogP contribution < -0.4 is 5.32 Å². The monoisotopic (exact) mass is 334 g/mol. The Morgan fingerprint density at radius 1 is 1.21 bits per heavy atom. The van der Waals surface area contributed by atoms with Crippen LogP contribution in [-0.4, -0.2) is 52.7 Å². The third-order valence-corrected chi connectivity index (χ3v) is 3.68. The van der Waals surface area contributed by atoms with Crippen LogP contribution in [0.3, 0.4) is 0 Å². The van der Waals surface area contributed by atoms with Gasteiger partial charge in [-0.05, 0) is 38.5 Å². The van der Waals surface area contributed by atoms with Crippen molar-refractivity contribution < 1.29 is 24.3 Å². The molecule has 2 N–H and O–H groups in total. The fraction of sp³-hybridized carbons (Fsp3) is 0.412. The van der Waals surface area contributed by atoms with Crippen LogP contribution in [0.15, 0.2) is 18.2 Å². The number of carbonyl (C=O) groups is 4. The average molecular weight is 334 g/mol. The predicted octanol–water partition coefficient (Wildman–Crippen LogP) is 1.25. The number of nitrogens with zero attached hydrogens (tertiary/aromatic N) is 1. The van der Waals surface area contributed by atoms with Crippen LogP contribution in [0, 0.1) is 6.92 Å². The van der Waals surface area contributed by atoms with Gasteiger partial charge in [-0.15, -0.1) is 0 Å². The molecule has 1 rings (SSSR count). The highest BCUT2D eigenvalue weighted by atomic mass is 16.4. The Balaban J connectivity index is 3.10. The SMILES string of the molecule is CC(=O)NCCN(C(=O)c1ccc(C)c(C(C)=O)c1)C(C)C(=O)O. The van der Waals surface area contributed by atoms with Crippen molar-refractivity contribution in [1.29, 1.82) is 0 Å². The molecule has 2 amide bonds. The number of aliphatic carboxylic acids is 1. The lowest BCUT2D eigenvalue weighted by Crippen LogP contribution is -2.46. The third kappa shape index (κ3) is 4.91. The van der Waals surface area contributed by atoms with Gasteiger partial charge < -0.3 is 15.3 Å². The maximum Gasteiger partial charge on any atom is 0.326 e. The Labute approximate surface area is 140 Å². The van der Waals surface area contributed by atoms with Gasteiger partial charge in [0.1, 0.15) is 6.04 Å². The lowest BCUT2D eigenvalue weighted by molar-refractivity contribution is -0.141. The van der Waals surface area contributed by atoms with Crippen molar-refractivity contribution in [3.8, 4) is 0 Å². The molecule has 7 heteroatoms. The zero-order chi connectivity index (χ0) is 18.4. The molecule has 0 aliphatic rings. The summed E-state index contributed by atoms with van der Waals surface area (Å²) in [6.45, 7) is 6.10. The Morgan fingerprint density at radius 2 is 1.83 bits per heavy atom. The Hall–Kier alpha value is -2.70. The van der Waals surface area contributed by atoms with Crippen LogP contribution in [-0.2, 0) is 9.59 Å². The van der Waals surface area contributed by atoms with E-state index < -0.39 is 17.9 Å². The first-order valence-electron chi connectivity index (χ1n) is 7.55. The summed E-state index contributed by atoms with van der Waals surface area (Å²) in [6, 6.07) is 3.62. The molecule has 1 unspecified atom stereocenters. The number of carboxylic acid groups (broad SMARTS) is 1. The van der Waals surface area contributed by atoms with E-state index in [1.165, 1.54) is 26.8 Å². The summed E-state index contributed by atoms with van der Waals surface area (Å²) in [5, 5.41) is 11.7. The van der Waals surface area contributed by atoms with Gasteiger partial charge >= 0.3 is 5.97 Å². The van der Waals surface area contributed by atoms with Gasteiger partial charge in [0.25, 0.3) is 5.91 Å². The number of benzene rings is 1. The molecule has 0 aliphatic carbocycles. The molecule has 0 bridgehead atoms. The van der Waals surface area contributed by atoms with E-state index in [1.54, 1.807) is 19.1 Å². The second-order valence-corrected chi connectivity index (χ2v) is 5.58. The van der Waals surface area contributed by atoms with Crippen LogP contribution in [0.5, 0.6) is 0 Å². The van der Waals surface area contributed by atoms with Gasteiger partial charge in [-0.3, -0.25) is 14.4 Å². The molecule has 0 radical (unpaired) electrons. The first kappa shape index (κ1) is 19.3. The van der Waals surface area contributed by atoms with Gasteiger partial charge in [0.15, 0.2) is 5.78 Å². The largest absolute Gasteiger partial charge is 0.480 e. The van der Waals surface area contributed by atoms with Crippen molar-refractivity contribution in [1.82, 2.24) is 10.2 Å². The summed E-state index contributed by atoms with van der Waals surface area (Å²) < 4.78 is 0. The minimum absolute atomic E-state index is 0.0508. The molecule has 24 heavy (non-hydrogen) atoms. The number of hydrogen-bond acceptors (Lipinski definition) is 4. The van der Waals surface area contributed by atoms with E-state index in [0.29, 0.717) is 5.56 Å². The summed E-state index contributed by atoms with van der Waals surface area (Å²) >= 11 is 0. The maximum atomic E-state index is 12.7. The number of aryl methyl sites for hydroxylation is 1. The minimum atomic E-state index is -1.15. The first-order valence-corrected chi connectivity index (χ1v) is 7.55. The lowest BCUT2D eigenvalue weighted by Gasteiger charge is -2.27. The molecular weight excluding hydrogens is 312 g/mol. The molecule has 0 saturated carbocycles. The number of carboxylic acids is 1. The highest BCUT2D eigenvalue weighted by Gasteiger charge is 2.26. The zero-order valence-electron chi connectivity index (χ0n) is 14.3. The van der Waals surface area contributed by atoms with E-state index >= 15 is 0 Å². The highest BCUT2D eigenvalue weighted by Crippen LogP contribution is 2.15. The van der Waals surface area contributed by atoms with Gasteiger partial charge in [-0.1, -0.05) is 6.07 Å². The molecule has 0 heterocycles. The van der Waals surface area contributed by atoms with Crippen LogP contribution in [0.2, 0.25) is 0 Å². The number of Topliss-reactive ketones (excluding diaryl/α,β-unsaturated/α-hetero) is 1. The molecule has 1 aromatic carbocycles. The van der Waals surface area contributed by atoms with E-state index in [1.807, 2.05) is 0 Å². The molecular formula is C17H22N2O5. The van der Waals surface area contributed by atoms with E-state index in [9.17, 15) is 24.3 Å². The molecule has 130 valence electrons. The normalized spacial score (nSPS) is 11.5. The predicted molar refractivity (Wildman–Crippen MR) is 88.0 cm³/mol. The Kier molecular flexibility index (Phi) is 6.64. The second kappa shape index (κ2) is 8.24. The van der Waals surface area contributed by atoms with E-state index in [4.69, 9.17) is 0 Å².